The first-order valence-electron chi connectivity index (χ1n) is 6.53. The van der Waals surface area contributed by atoms with Gasteiger partial charge in [0.25, 0.3) is 0 Å². The van der Waals surface area contributed by atoms with Crippen LogP contribution in [0.25, 0.3) is 0 Å². The third kappa shape index (κ3) is 3.82. The first kappa shape index (κ1) is 15.0. The fourth-order valence-electron chi connectivity index (χ4n) is 1.72. The number of ether oxygens (including phenoxy) is 1. The van der Waals surface area contributed by atoms with Crippen molar-refractivity contribution < 1.29 is 4.74 Å². The molecule has 0 bridgehead atoms. The lowest BCUT2D eigenvalue weighted by molar-refractivity contribution is 0.199. The van der Waals surface area contributed by atoms with E-state index < -0.39 is 0 Å². The molecule has 0 aliphatic carbocycles. The van der Waals surface area contributed by atoms with Crippen molar-refractivity contribution >= 4 is 11.8 Å². The molecule has 1 aromatic heterocycles. The summed E-state index contributed by atoms with van der Waals surface area (Å²) in [6.45, 7) is 4.34. The van der Waals surface area contributed by atoms with Gasteiger partial charge in [0.15, 0.2) is 5.16 Å². The normalized spacial score (nSPS) is 10.9. The Labute approximate surface area is 123 Å². The highest BCUT2D eigenvalue weighted by molar-refractivity contribution is 7.99. The zero-order valence-corrected chi connectivity index (χ0v) is 12.9. The van der Waals surface area contributed by atoms with E-state index in [1.807, 2.05) is 24.6 Å². The molecule has 0 radical (unpaired) electrons. The Morgan fingerprint density at radius 1 is 1.30 bits per heavy atom. The zero-order chi connectivity index (χ0) is 14.4. The van der Waals surface area contributed by atoms with Crippen molar-refractivity contribution in [2.24, 2.45) is 7.05 Å². The highest BCUT2D eigenvalue weighted by Gasteiger charge is 2.09. The predicted molar refractivity (Wildman–Crippen MR) is 79.9 cm³/mol. The lowest BCUT2D eigenvalue weighted by Crippen LogP contribution is -2.18. The third-order valence-electron chi connectivity index (χ3n) is 3.02. The monoisotopic (exact) mass is 292 g/mol. The maximum atomic E-state index is 5.03. The van der Waals surface area contributed by atoms with Gasteiger partial charge in [0.2, 0.25) is 0 Å². The van der Waals surface area contributed by atoms with Crippen LogP contribution in [0.2, 0.25) is 0 Å². The van der Waals surface area contributed by atoms with Crippen LogP contribution in [0.1, 0.15) is 11.4 Å². The molecule has 0 fully saturated rings. The first-order valence-corrected chi connectivity index (χ1v) is 7.35. The molecule has 0 amide bonds. The van der Waals surface area contributed by atoms with Crippen LogP contribution in [0.3, 0.4) is 0 Å². The molecule has 0 aliphatic rings. The van der Waals surface area contributed by atoms with Gasteiger partial charge in [0, 0.05) is 32.1 Å². The van der Waals surface area contributed by atoms with Gasteiger partial charge in [-0.3, -0.25) is 0 Å². The fourth-order valence-corrected chi connectivity index (χ4v) is 2.69. The summed E-state index contributed by atoms with van der Waals surface area (Å²) in [4.78, 5) is 1.20. The van der Waals surface area contributed by atoms with Crippen molar-refractivity contribution in [3.63, 3.8) is 0 Å². The lowest BCUT2D eigenvalue weighted by atomic mass is 10.2. The van der Waals surface area contributed by atoms with Crippen LogP contribution in [0.4, 0.5) is 0 Å². The largest absolute Gasteiger partial charge is 0.383 e. The maximum Gasteiger partial charge on any atom is 0.195 e. The minimum absolute atomic E-state index is 0.720. The molecule has 0 unspecified atom stereocenters. The summed E-state index contributed by atoms with van der Waals surface area (Å²) in [6, 6.07) is 8.34. The number of aromatic nitrogens is 3. The van der Waals surface area contributed by atoms with Crippen molar-refractivity contribution in [1.29, 1.82) is 0 Å². The van der Waals surface area contributed by atoms with E-state index in [0.29, 0.717) is 0 Å². The van der Waals surface area contributed by atoms with Crippen molar-refractivity contribution in [3.8, 4) is 0 Å². The molecule has 1 aromatic carbocycles. The van der Waals surface area contributed by atoms with Crippen LogP contribution in [-0.2, 0) is 18.3 Å². The molecule has 20 heavy (non-hydrogen) atoms. The van der Waals surface area contributed by atoms with Crippen molar-refractivity contribution in [2.75, 3.05) is 20.3 Å². The van der Waals surface area contributed by atoms with Gasteiger partial charge < -0.3 is 14.6 Å². The van der Waals surface area contributed by atoms with E-state index in [1.54, 1.807) is 18.9 Å². The van der Waals surface area contributed by atoms with E-state index in [-0.39, 0.29) is 0 Å². The second-order valence-corrected chi connectivity index (χ2v) is 5.48. The molecule has 0 atom stereocenters. The van der Waals surface area contributed by atoms with E-state index in [0.717, 1.165) is 30.7 Å². The average molecular weight is 292 g/mol. The quantitative estimate of drug-likeness (QED) is 0.791. The Bertz CT molecular complexity index is 556. The van der Waals surface area contributed by atoms with Crippen LogP contribution in [0.15, 0.2) is 34.3 Å². The highest BCUT2D eigenvalue weighted by atomic mass is 32.2. The molecule has 0 saturated carbocycles. The smallest absolute Gasteiger partial charge is 0.195 e. The van der Waals surface area contributed by atoms with Crippen molar-refractivity contribution in [3.05, 3.63) is 35.7 Å². The molecule has 108 valence electrons. The molecule has 0 saturated heterocycles. The Morgan fingerprint density at radius 3 is 2.80 bits per heavy atom. The molecule has 0 spiro atoms. The summed E-state index contributed by atoms with van der Waals surface area (Å²) in [5, 5.41) is 12.6. The van der Waals surface area contributed by atoms with Gasteiger partial charge >= 0.3 is 0 Å². The number of hydrogen-bond acceptors (Lipinski definition) is 5. The fraction of sp³-hybridized carbons (Fsp3) is 0.429. The molecular weight excluding hydrogens is 272 g/mol. The van der Waals surface area contributed by atoms with E-state index in [1.165, 1.54) is 10.5 Å². The van der Waals surface area contributed by atoms with Crippen molar-refractivity contribution in [1.82, 2.24) is 20.1 Å². The van der Waals surface area contributed by atoms with Gasteiger partial charge in [0.05, 0.1) is 6.61 Å². The minimum atomic E-state index is 0.720. The Morgan fingerprint density at radius 2 is 2.10 bits per heavy atom. The Balaban J connectivity index is 2.05. The molecule has 1 heterocycles. The number of aryl methyl sites for hydroxylation is 1. The summed E-state index contributed by atoms with van der Waals surface area (Å²) < 4.78 is 7.03. The third-order valence-corrected chi connectivity index (χ3v) is 4.18. The maximum absolute atomic E-state index is 5.03. The van der Waals surface area contributed by atoms with Crippen LogP contribution in [-0.4, -0.2) is 35.0 Å². The van der Waals surface area contributed by atoms with Gasteiger partial charge in [-0.15, -0.1) is 10.2 Å². The van der Waals surface area contributed by atoms with Gasteiger partial charge in [-0.2, -0.15) is 0 Å². The summed E-state index contributed by atoms with van der Waals surface area (Å²) >= 11 is 1.64. The molecular formula is C14H20N4OS. The molecule has 2 aromatic rings. The van der Waals surface area contributed by atoms with E-state index in [9.17, 15) is 0 Å². The Hall–Kier alpha value is -1.37. The highest BCUT2D eigenvalue weighted by Crippen LogP contribution is 2.28. The molecule has 6 heteroatoms. The number of hydrogen-bond donors (Lipinski definition) is 1. The van der Waals surface area contributed by atoms with E-state index in [4.69, 9.17) is 4.74 Å². The van der Waals surface area contributed by atoms with E-state index >= 15 is 0 Å². The lowest BCUT2D eigenvalue weighted by Gasteiger charge is -2.09. The van der Waals surface area contributed by atoms with Gasteiger partial charge in [-0.1, -0.05) is 18.2 Å². The SMILES string of the molecule is COCCNCc1ccccc1Sc1nnc(C)n1C. The number of benzene rings is 1. The summed E-state index contributed by atoms with van der Waals surface area (Å²) in [6.07, 6.45) is 0. The van der Waals surface area contributed by atoms with Crippen molar-refractivity contribution in [2.45, 2.75) is 23.5 Å². The molecule has 0 aliphatic heterocycles. The van der Waals surface area contributed by atoms with Crippen LogP contribution >= 0.6 is 11.8 Å². The summed E-state index contributed by atoms with van der Waals surface area (Å²) in [5.41, 5.74) is 1.26. The second-order valence-electron chi connectivity index (χ2n) is 4.47. The Kier molecular flexibility index (Phi) is 5.58. The van der Waals surface area contributed by atoms with Crippen LogP contribution < -0.4 is 5.32 Å². The summed E-state index contributed by atoms with van der Waals surface area (Å²) in [5.74, 6) is 0.920. The van der Waals surface area contributed by atoms with Crippen LogP contribution in [0, 0.1) is 6.92 Å². The van der Waals surface area contributed by atoms with Gasteiger partial charge in [0.1, 0.15) is 5.82 Å². The molecule has 2 rings (SSSR count). The summed E-state index contributed by atoms with van der Waals surface area (Å²) in [7, 11) is 3.69. The van der Waals surface area contributed by atoms with Gasteiger partial charge in [-0.25, -0.2) is 0 Å². The average Bonchev–Trinajstić information content (AvgIpc) is 2.77. The van der Waals surface area contributed by atoms with E-state index in [2.05, 4.69) is 33.7 Å². The van der Waals surface area contributed by atoms with Gasteiger partial charge in [-0.05, 0) is 30.3 Å². The predicted octanol–water partition coefficient (Wildman–Crippen LogP) is 2.01. The first-order chi connectivity index (χ1) is 9.72. The van der Waals surface area contributed by atoms with Crippen LogP contribution in [0.5, 0.6) is 0 Å². The zero-order valence-electron chi connectivity index (χ0n) is 12.1. The molecule has 1 N–H and O–H groups in total. The standard InChI is InChI=1S/C14H20N4OS/c1-11-16-17-14(18(11)2)20-13-7-5-4-6-12(13)10-15-8-9-19-3/h4-7,15H,8-10H2,1-3H3. The number of nitrogens with one attached hydrogen (secondary N) is 1. The molecule has 5 nitrogen and oxygen atoms in total. The number of methoxy groups -OCH3 is 1. The number of nitrogens with zero attached hydrogens (tertiary/aromatic N) is 3. The minimum Gasteiger partial charge on any atom is -0.383 e. The second kappa shape index (κ2) is 7.42. The number of rotatable bonds is 7. The topological polar surface area (TPSA) is 52.0 Å².